The van der Waals surface area contributed by atoms with Gasteiger partial charge >= 0.3 is 0 Å². The highest BCUT2D eigenvalue weighted by Crippen LogP contribution is 2.09. The van der Waals surface area contributed by atoms with Gasteiger partial charge in [-0.1, -0.05) is 5.16 Å². The Morgan fingerprint density at radius 2 is 2.29 bits per heavy atom. The SMILES string of the molecule is Cc1cc(NC(=O)CCn2cc([N+](=O)[O-])ccc2=O)no1. The van der Waals surface area contributed by atoms with E-state index in [1.54, 1.807) is 13.0 Å². The molecule has 2 rings (SSSR count). The number of amides is 1. The van der Waals surface area contributed by atoms with E-state index in [0.717, 1.165) is 22.9 Å². The molecule has 21 heavy (non-hydrogen) atoms. The average molecular weight is 292 g/mol. The minimum absolute atomic E-state index is 0.0209. The number of anilines is 1. The topological polar surface area (TPSA) is 120 Å². The molecule has 0 bridgehead atoms. The van der Waals surface area contributed by atoms with Crippen molar-refractivity contribution < 1.29 is 14.2 Å². The minimum atomic E-state index is -0.603. The Hall–Kier alpha value is -2.97. The van der Waals surface area contributed by atoms with Gasteiger partial charge in [-0.2, -0.15) is 0 Å². The van der Waals surface area contributed by atoms with Crippen LogP contribution in [0.3, 0.4) is 0 Å². The lowest BCUT2D eigenvalue weighted by Gasteiger charge is -2.04. The molecular weight excluding hydrogens is 280 g/mol. The number of hydrogen-bond acceptors (Lipinski definition) is 6. The van der Waals surface area contributed by atoms with Gasteiger partial charge in [-0.25, -0.2) is 0 Å². The van der Waals surface area contributed by atoms with E-state index >= 15 is 0 Å². The van der Waals surface area contributed by atoms with E-state index in [1.165, 1.54) is 0 Å². The van der Waals surface area contributed by atoms with Crippen molar-refractivity contribution in [2.24, 2.45) is 0 Å². The molecule has 2 aromatic rings. The smallest absolute Gasteiger partial charge is 0.285 e. The summed E-state index contributed by atoms with van der Waals surface area (Å²) in [5, 5.41) is 16.7. The van der Waals surface area contributed by atoms with Crippen LogP contribution in [0.2, 0.25) is 0 Å². The van der Waals surface area contributed by atoms with Crippen molar-refractivity contribution in [3.05, 3.63) is 50.6 Å². The van der Waals surface area contributed by atoms with Gasteiger partial charge in [-0.05, 0) is 6.92 Å². The number of carbonyl (C=O) groups excluding carboxylic acids is 1. The number of rotatable bonds is 5. The van der Waals surface area contributed by atoms with Crippen LogP contribution in [0.1, 0.15) is 12.2 Å². The van der Waals surface area contributed by atoms with Crippen LogP contribution in [0.4, 0.5) is 11.5 Å². The minimum Gasteiger partial charge on any atom is -0.360 e. The summed E-state index contributed by atoms with van der Waals surface area (Å²) in [6, 6.07) is 3.77. The summed E-state index contributed by atoms with van der Waals surface area (Å²) < 4.78 is 5.91. The van der Waals surface area contributed by atoms with Gasteiger partial charge in [-0.15, -0.1) is 0 Å². The van der Waals surface area contributed by atoms with Gasteiger partial charge in [0.15, 0.2) is 5.82 Å². The zero-order chi connectivity index (χ0) is 15.4. The van der Waals surface area contributed by atoms with E-state index < -0.39 is 10.5 Å². The molecule has 2 heterocycles. The number of carbonyl (C=O) groups is 1. The maximum atomic E-state index is 11.7. The molecule has 1 amide bonds. The molecule has 110 valence electrons. The van der Waals surface area contributed by atoms with E-state index in [2.05, 4.69) is 10.5 Å². The van der Waals surface area contributed by atoms with E-state index in [9.17, 15) is 19.7 Å². The predicted octanol–water partition coefficient (Wildman–Crippen LogP) is 1.08. The van der Waals surface area contributed by atoms with Crippen molar-refractivity contribution in [3.8, 4) is 0 Å². The molecule has 2 aromatic heterocycles. The first-order chi connectivity index (χ1) is 9.95. The molecule has 0 atom stereocenters. The quantitative estimate of drug-likeness (QED) is 0.650. The summed E-state index contributed by atoms with van der Waals surface area (Å²) >= 11 is 0. The fourth-order valence-corrected chi connectivity index (χ4v) is 1.65. The molecule has 0 radical (unpaired) electrons. The Morgan fingerprint density at radius 1 is 1.52 bits per heavy atom. The second-order valence-electron chi connectivity index (χ2n) is 4.30. The second kappa shape index (κ2) is 5.99. The third-order valence-corrected chi connectivity index (χ3v) is 2.65. The maximum Gasteiger partial charge on any atom is 0.285 e. The van der Waals surface area contributed by atoms with Crippen molar-refractivity contribution in [2.75, 3.05) is 5.32 Å². The van der Waals surface area contributed by atoms with E-state index in [1.807, 2.05) is 0 Å². The van der Waals surface area contributed by atoms with Crippen LogP contribution < -0.4 is 10.9 Å². The number of aryl methyl sites for hydroxylation is 2. The van der Waals surface area contributed by atoms with Gasteiger partial charge in [-0.3, -0.25) is 19.7 Å². The highest BCUT2D eigenvalue weighted by molar-refractivity contribution is 5.89. The number of hydrogen-bond donors (Lipinski definition) is 1. The Morgan fingerprint density at radius 3 is 2.90 bits per heavy atom. The molecule has 0 aliphatic carbocycles. The lowest BCUT2D eigenvalue weighted by molar-refractivity contribution is -0.385. The van der Waals surface area contributed by atoms with Crippen LogP contribution in [0, 0.1) is 17.0 Å². The molecule has 9 nitrogen and oxygen atoms in total. The standard InChI is InChI=1S/C12H12N4O5/c1-8-6-10(14-21-8)13-11(17)4-5-15-7-9(16(19)20)2-3-12(15)18/h2-3,6-7H,4-5H2,1H3,(H,13,14,17). The average Bonchev–Trinajstić information content (AvgIpc) is 2.82. The van der Waals surface area contributed by atoms with Gasteiger partial charge < -0.3 is 14.4 Å². The Balaban J connectivity index is 1.99. The number of nitrogens with zero attached hydrogens (tertiary/aromatic N) is 3. The summed E-state index contributed by atoms with van der Waals surface area (Å²) in [5.41, 5.74) is -0.618. The summed E-state index contributed by atoms with van der Waals surface area (Å²) in [7, 11) is 0. The number of nitrogens with one attached hydrogen (secondary N) is 1. The monoisotopic (exact) mass is 292 g/mol. The third-order valence-electron chi connectivity index (χ3n) is 2.65. The van der Waals surface area contributed by atoms with E-state index in [-0.39, 0.29) is 30.4 Å². The van der Waals surface area contributed by atoms with Crippen LogP contribution >= 0.6 is 0 Å². The fourth-order valence-electron chi connectivity index (χ4n) is 1.65. The lowest BCUT2D eigenvalue weighted by atomic mass is 10.3. The molecule has 0 fully saturated rings. The highest BCUT2D eigenvalue weighted by atomic mass is 16.6. The number of pyridine rings is 1. The molecule has 0 saturated carbocycles. The molecule has 1 N–H and O–H groups in total. The van der Waals surface area contributed by atoms with Gasteiger partial charge in [0.05, 0.1) is 11.1 Å². The van der Waals surface area contributed by atoms with Crippen LogP contribution in [0.5, 0.6) is 0 Å². The van der Waals surface area contributed by atoms with E-state index in [0.29, 0.717) is 5.76 Å². The van der Waals surface area contributed by atoms with E-state index in [4.69, 9.17) is 4.52 Å². The Labute approximate surface area is 118 Å². The summed E-state index contributed by atoms with van der Waals surface area (Å²) in [6.45, 7) is 1.72. The van der Waals surface area contributed by atoms with Crippen molar-refractivity contribution in [2.45, 2.75) is 19.9 Å². The first-order valence-corrected chi connectivity index (χ1v) is 6.04. The number of nitro groups is 1. The summed E-state index contributed by atoms with van der Waals surface area (Å²) in [5.74, 6) is 0.464. The fraction of sp³-hybridized carbons (Fsp3) is 0.250. The third kappa shape index (κ3) is 3.75. The molecule has 0 spiro atoms. The maximum absolute atomic E-state index is 11.7. The molecule has 9 heteroatoms. The Kier molecular flexibility index (Phi) is 4.12. The largest absolute Gasteiger partial charge is 0.360 e. The van der Waals surface area contributed by atoms with Crippen LogP contribution in [0.15, 0.2) is 33.7 Å². The zero-order valence-electron chi connectivity index (χ0n) is 11.1. The molecule has 0 unspecified atom stereocenters. The van der Waals surface area contributed by atoms with Crippen molar-refractivity contribution in [3.63, 3.8) is 0 Å². The predicted molar refractivity (Wildman–Crippen MR) is 71.8 cm³/mol. The Bertz CT molecular complexity index is 733. The lowest BCUT2D eigenvalue weighted by Crippen LogP contribution is -2.22. The van der Waals surface area contributed by atoms with Gasteiger partial charge in [0.1, 0.15) is 5.76 Å². The van der Waals surface area contributed by atoms with Crippen LogP contribution in [-0.2, 0) is 11.3 Å². The molecule has 0 aromatic carbocycles. The van der Waals surface area contributed by atoms with Crippen molar-refractivity contribution in [1.29, 1.82) is 0 Å². The van der Waals surface area contributed by atoms with Crippen LogP contribution in [-0.4, -0.2) is 20.6 Å². The second-order valence-corrected chi connectivity index (χ2v) is 4.30. The first kappa shape index (κ1) is 14.4. The number of aromatic nitrogens is 2. The molecule has 0 saturated heterocycles. The van der Waals surface area contributed by atoms with Gasteiger partial charge in [0, 0.05) is 31.2 Å². The van der Waals surface area contributed by atoms with Crippen molar-refractivity contribution in [1.82, 2.24) is 9.72 Å². The first-order valence-electron chi connectivity index (χ1n) is 6.04. The molecule has 0 aliphatic heterocycles. The zero-order valence-corrected chi connectivity index (χ0v) is 11.1. The summed E-state index contributed by atoms with van der Waals surface area (Å²) in [6.07, 6.45) is 1.09. The summed E-state index contributed by atoms with van der Waals surface area (Å²) in [4.78, 5) is 33.3. The van der Waals surface area contributed by atoms with Gasteiger partial charge in [0.2, 0.25) is 5.91 Å². The normalized spacial score (nSPS) is 10.3. The highest BCUT2D eigenvalue weighted by Gasteiger charge is 2.10. The van der Waals surface area contributed by atoms with Crippen molar-refractivity contribution >= 4 is 17.4 Å². The molecule has 0 aliphatic rings. The molecular formula is C12H12N4O5. The van der Waals surface area contributed by atoms with Crippen LogP contribution in [0.25, 0.3) is 0 Å². The van der Waals surface area contributed by atoms with Gasteiger partial charge in [0.25, 0.3) is 11.2 Å².